The molecule has 0 N–H and O–H groups in total. The zero-order valence-corrected chi connectivity index (χ0v) is 15.8. The summed E-state index contributed by atoms with van der Waals surface area (Å²) in [7, 11) is 4.24. The van der Waals surface area contributed by atoms with Gasteiger partial charge in [0.2, 0.25) is 0 Å². The highest BCUT2D eigenvalue weighted by Gasteiger charge is 2.52. The quantitative estimate of drug-likeness (QED) is 0.416. The van der Waals surface area contributed by atoms with Crippen LogP contribution in [0.15, 0.2) is 0 Å². The molecule has 0 aromatic heterocycles. The van der Waals surface area contributed by atoms with E-state index < -0.39 is 54.7 Å². The average Bonchev–Trinajstić information content (AvgIpc) is 2.56. The van der Waals surface area contributed by atoms with Crippen molar-refractivity contribution in [2.24, 2.45) is 0 Å². The van der Waals surface area contributed by atoms with Crippen LogP contribution in [-0.4, -0.2) is 82.7 Å². The fourth-order valence-corrected chi connectivity index (χ4v) is 2.78. The van der Waals surface area contributed by atoms with Crippen molar-refractivity contribution in [3.8, 4) is 0 Å². The smallest absolute Gasteiger partial charge is 0.303 e. The molecule has 0 amide bonds. The van der Waals surface area contributed by atoms with Crippen LogP contribution in [0.2, 0.25) is 0 Å². The molecule has 1 saturated heterocycles. The Morgan fingerprint density at radius 1 is 0.846 bits per heavy atom. The predicted octanol–water partition coefficient (Wildman–Crippen LogP) is -0.186. The summed E-state index contributed by atoms with van der Waals surface area (Å²) in [5.74, 6) is -1.78. The van der Waals surface area contributed by atoms with Crippen molar-refractivity contribution in [2.75, 3.05) is 27.9 Å². The summed E-state index contributed by atoms with van der Waals surface area (Å²) in [5.41, 5.74) is 0. The van der Waals surface area contributed by atoms with Gasteiger partial charge in [-0.25, -0.2) is 0 Å². The van der Waals surface area contributed by atoms with Crippen molar-refractivity contribution in [1.82, 2.24) is 0 Å². The molecule has 10 heteroatoms. The number of hydrogen-bond donors (Lipinski definition) is 0. The van der Waals surface area contributed by atoms with E-state index >= 15 is 0 Å². The van der Waals surface area contributed by atoms with Gasteiger partial charge in [0.25, 0.3) is 0 Å². The summed E-state index contributed by atoms with van der Waals surface area (Å²) < 4.78 is 37.4. The van der Waals surface area contributed by atoms with E-state index in [0.717, 1.165) is 0 Å². The number of ether oxygens (including phenoxy) is 7. The van der Waals surface area contributed by atoms with Gasteiger partial charge in [-0.1, -0.05) is 0 Å². The highest BCUT2D eigenvalue weighted by molar-refractivity contribution is 5.67. The summed E-state index contributed by atoms with van der Waals surface area (Å²) in [6, 6.07) is 0. The van der Waals surface area contributed by atoms with E-state index in [9.17, 15) is 14.4 Å². The Balaban J connectivity index is 3.21. The zero-order chi connectivity index (χ0) is 19.9. The maximum absolute atomic E-state index is 11.6. The minimum absolute atomic E-state index is 0.290. The molecule has 6 unspecified atom stereocenters. The molecule has 150 valence electrons. The van der Waals surface area contributed by atoms with Crippen LogP contribution in [0, 0.1) is 0 Å². The Bertz CT molecular complexity index is 493. The topological polar surface area (TPSA) is 116 Å². The Morgan fingerprint density at radius 2 is 1.46 bits per heavy atom. The van der Waals surface area contributed by atoms with E-state index in [0.29, 0.717) is 0 Å². The molecule has 1 heterocycles. The second-order valence-corrected chi connectivity index (χ2v) is 5.63. The normalized spacial score (nSPS) is 29.5. The molecular weight excluding hydrogens is 352 g/mol. The molecule has 1 aliphatic rings. The molecule has 1 aliphatic heterocycles. The van der Waals surface area contributed by atoms with Gasteiger partial charge in [-0.05, 0) is 0 Å². The van der Waals surface area contributed by atoms with Crippen molar-refractivity contribution in [3.63, 3.8) is 0 Å². The largest absolute Gasteiger partial charge is 0.462 e. The van der Waals surface area contributed by atoms with Gasteiger partial charge in [-0.3, -0.25) is 14.4 Å². The minimum Gasteiger partial charge on any atom is -0.462 e. The second kappa shape index (κ2) is 10.4. The molecule has 0 aliphatic carbocycles. The first-order chi connectivity index (χ1) is 12.2. The number of carbonyl (C=O) groups is 3. The zero-order valence-electron chi connectivity index (χ0n) is 15.8. The van der Waals surface area contributed by atoms with E-state index in [-0.39, 0.29) is 6.61 Å². The summed E-state index contributed by atoms with van der Waals surface area (Å²) in [4.78, 5) is 34.2. The van der Waals surface area contributed by atoms with Crippen LogP contribution in [0.4, 0.5) is 0 Å². The van der Waals surface area contributed by atoms with Gasteiger partial charge in [0, 0.05) is 42.1 Å². The van der Waals surface area contributed by atoms with E-state index in [2.05, 4.69) is 0 Å². The first-order valence-corrected chi connectivity index (χ1v) is 7.96. The van der Waals surface area contributed by atoms with Crippen molar-refractivity contribution in [2.45, 2.75) is 57.6 Å². The third-order valence-electron chi connectivity index (χ3n) is 3.74. The predicted molar refractivity (Wildman–Crippen MR) is 85.0 cm³/mol. The van der Waals surface area contributed by atoms with Crippen LogP contribution in [-0.2, 0) is 47.5 Å². The minimum atomic E-state index is -1.05. The molecule has 0 aromatic carbocycles. The van der Waals surface area contributed by atoms with Gasteiger partial charge < -0.3 is 33.2 Å². The number of hydrogen-bond acceptors (Lipinski definition) is 10. The van der Waals surface area contributed by atoms with E-state index in [1.54, 1.807) is 0 Å². The molecule has 0 spiro atoms. The summed E-state index contributed by atoms with van der Waals surface area (Å²) >= 11 is 0. The van der Waals surface area contributed by atoms with Crippen molar-refractivity contribution in [3.05, 3.63) is 0 Å². The summed E-state index contributed by atoms with van der Waals surface area (Å²) in [6.07, 6.45) is -5.43. The van der Waals surface area contributed by atoms with E-state index in [1.807, 2.05) is 0 Å². The van der Waals surface area contributed by atoms with Crippen molar-refractivity contribution in [1.29, 1.82) is 0 Å². The Hall–Kier alpha value is -1.75. The van der Waals surface area contributed by atoms with Crippen molar-refractivity contribution >= 4 is 17.9 Å². The number of rotatable bonds is 8. The maximum atomic E-state index is 11.6. The van der Waals surface area contributed by atoms with Crippen LogP contribution in [0.5, 0.6) is 0 Å². The van der Waals surface area contributed by atoms with E-state index in [1.165, 1.54) is 42.1 Å². The van der Waals surface area contributed by atoms with Crippen LogP contribution in [0.25, 0.3) is 0 Å². The lowest BCUT2D eigenvalue weighted by atomic mass is 9.94. The maximum Gasteiger partial charge on any atom is 0.303 e. The lowest BCUT2D eigenvalue weighted by molar-refractivity contribution is -0.316. The lowest BCUT2D eigenvalue weighted by Gasteiger charge is -2.45. The number of carbonyl (C=O) groups excluding carboxylic acids is 3. The molecular formula is C16H26O10. The van der Waals surface area contributed by atoms with Crippen LogP contribution in [0.1, 0.15) is 20.8 Å². The average molecular weight is 378 g/mol. The molecule has 1 fully saturated rings. The van der Waals surface area contributed by atoms with Crippen molar-refractivity contribution < 1.29 is 47.5 Å². The Labute approximate surface area is 151 Å². The molecule has 0 saturated carbocycles. The van der Waals surface area contributed by atoms with Gasteiger partial charge >= 0.3 is 17.9 Å². The molecule has 1 rings (SSSR count). The third kappa shape index (κ3) is 5.90. The molecule has 6 atom stereocenters. The molecule has 10 nitrogen and oxygen atoms in total. The van der Waals surface area contributed by atoms with Gasteiger partial charge in [-0.2, -0.15) is 0 Å². The first-order valence-electron chi connectivity index (χ1n) is 7.96. The number of esters is 3. The third-order valence-corrected chi connectivity index (χ3v) is 3.74. The molecule has 0 aromatic rings. The fraction of sp³-hybridized carbons (Fsp3) is 0.812. The standard InChI is InChI=1S/C16H26O10/c1-8(17)23-7-11(24-9(2)18)12-14(25-10(3)19)13(20-4)15(21-5)16(22-6)26-12/h11-16H,7H2,1-6H3. The molecule has 26 heavy (non-hydrogen) atoms. The number of methoxy groups -OCH3 is 3. The van der Waals surface area contributed by atoms with E-state index in [4.69, 9.17) is 33.2 Å². The second-order valence-electron chi connectivity index (χ2n) is 5.63. The highest BCUT2D eigenvalue weighted by atomic mass is 16.7. The molecule has 0 bridgehead atoms. The van der Waals surface area contributed by atoms with Gasteiger partial charge in [0.1, 0.15) is 24.9 Å². The molecule has 0 radical (unpaired) electrons. The van der Waals surface area contributed by atoms with Crippen LogP contribution < -0.4 is 0 Å². The first kappa shape index (κ1) is 22.3. The summed E-state index contributed by atoms with van der Waals surface area (Å²) in [5, 5.41) is 0. The van der Waals surface area contributed by atoms with Gasteiger partial charge in [0.05, 0.1) is 0 Å². The van der Waals surface area contributed by atoms with Crippen LogP contribution >= 0.6 is 0 Å². The lowest BCUT2D eigenvalue weighted by Crippen LogP contribution is -2.64. The van der Waals surface area contributed by atoms with Gasteiger partial charge in [0.15, 0.2) is 18.5 Å². The SMILES string of the molecule is COC1OC(C(COC(C)=O)OC(C)=O)C(OC(C)=O)C(OC)C1OC. The van der Waals surface area contributed by atoms with Crippen LogP contribution in [0.3, 0.4) is 0 Å². The summed E-state index contributed by atoms with van der Waals surface area (Å²) in [6.45, 7) is 3.35. The monoisotopic (exact) mass is 378 g/mol. The Morgan fingerprint density at radius 3 is 1.88 bits per heavy atom. The van der Waals surface area contributed by atoms with Gasteiger partial charge in [-0.15, -0.1) is 0 Å². The fourth-order valence-electron chi connectivity index (χ4n) is 2.78. The highest BCUT2D eigenvalue weighted by Crippen LogP contribution is 2.30. The Kier molecular flexibility index (Phi) is 8.93.